The Bertz CT molecular complexity index is 91.1. The summed E-state index contributed by atoms with van der Waals surface area (Å²) in [4.78, 5) is 0. The fourth-order valence-electron chi connectivity index (χ4n) is 0.124. The van der Waals surface area contributed by atoms with Crippen LogP contribution in [0, 0.1) is 12.3 Å². The molecule has 0 N–H and O–H groups in total. The van der Waals surface area contributed by atoms with Gasteiger partial charge in [-0.2, -0.15) is 0 Å². The van der Waals surface area contributed by atoms with Gasteiger partial charge >= 0.3 is 0 Å². The molecule has 0 bridgehead atoms. The van der Waals surface area contributed by atoms with Crippen molar-refractivity contribution in [3.63, 3.8) is 0 Å². The molecular weight excluding hydrogens is 72.1 g/mol. The summed E-state index contributed by atoms with van der Waals surface area (Å²) in [6.07, 6.45) is 9.77. The summed E-state index contributed by atoms with van der Waals surface area (Å²) in [7, 11) is 0. The zero-order valence-electron chi connectivity index (χ0n) is 3.52. The van der Waals surface area contributed by atoms with Gasteiger partial charge in [0.1, 0.15) is 0 Å². The van der Waals surface area contributed by atoms with Gasteiger partial charge in [0, 0.05) is 0 Å². The summed E-state index contributed by atoms with van der Waals surface area (Å²) in [5, 5.41) is 0. The molecule has 0 heterocycles. The van der Waals surface area contributed by atoms with Gasteiger partial charge in [0.05, 0.1) is 0 Å². The number of terminal acetylenes is 1. The van der Waals surface area contributed by atoms with E-state index in [0.29, 0.717) is 0 Å². The first kappa shape index (κ1) is 5.04. The summed E-state index contributed by atoms with van der Waals surface area (Å²) < 4.78 is 0. The first-order valence-corrected chi connectivity index (χ1v) is 1.65. The molecule has 0 unspecified atom stereocenters. The lowest BCUT2D eigenvalue weighted by Gasteiger charge is -1.57. The van der Waals surface area contributed by atoms with E-state index in [1.54, 1.807) is 18.2 Å². The van der Waals surface area contributed by atoms with E-state index in [-0.39, 0.29) is 0 Å². The van der Waals surface area contributed by atoms with Crippen LogP contribution in [0.1, 0.15) is 0 Å². The first-order chi connectivity index (χ1) is 2.91. The third-order valence-corrected chi connectivity index (χ3v) is 0.329. The molecule has 0 radical (unpaired) electrons. The van der Waals surface area contributed by atoms with Crippen molar-refractivity contribution in [3.05, 3.63) is 24.8 Å². The number of hydrogen-bond donors (Lipinski definition) is 0. The molecule has 0 atom stereocenters. The van der Waals surface area contributed by atoms with Crippen molar-refractivity contribution in [1.29, 1.82) is 0 Å². The Balaban J connectivity index is 3.26. The van der Waals surface area contributed by atoms with Crippen molar-refractivity contribution in [2.75, 3.05) is 0 Å². The largest absolute Gasteiger partial charge is 0.115 e. The van der Waals surface area contributed by atoms with Crippen LogP contribution < -0.4 is 0 Å². The molecule has 0 fully saturated rings. The van der Waals surface area contributed by atoms with Crippen molar-refractivity contribution in [3.8, 4) is 12.3 Å². The standard InChI is InChI=1S/C6H6/c1-3-5-6-4-2/h1,4-6H,2H2. The van der Waals surface area contributed by atoms with E-state index < -0.39 is 0 Å². The van der Waals surface area contributed by atoms with Gasteiger partial charge in [0.15, 0.2) is 0 Å². The smallest absolute Gasteiger partial charge is 0.0122 e. The van der Waals surface area contributed by atoms with Crippen LogP contribution in [0.25, 0.3) is 0 Å². The fraction of sp³-hybridized carbons (Fsp3) is 0. The predicted octanol–water partition coefficient (Wildman–Crippen LogP) is 1.36. The quantitative estimate of drug-likeness (QED) is 0.328. The average Bonchev–Trinajstić information content (AvgIpc) is 1.61. The molecule has 0 nitrogen and oxygen atoms in total. The van der Waals surface area contributed by atoms with Crippen molar-refractivity contribution >= 4 is 0 Å². The topological polar surface area (TPSA) is 0 Å². The SMILES string of the molecule is C#CC=CC=C. The molecule has 30 valence electrons. The van der Waals surface area contributed by atoms with Crippen molar-refractivity contribution < 1.29 is 0 Å². The molecular formula is C6H6. The third kappa shape index (κ3) is 3.04. The van der Waals surface area contributed by atoms with E-state index in [9.17, 15) is 0 Å². The van der Waals surface area contributed by atoms with Gasteiger partial charge in [0.2, 0.25) is 0 Å². The van der Waals surface area contributed by atoms with Gasteiger partial charge in [0.25, 0.3) is 0 Å². The second-order valence-electron chi connectivity index (χ2n) is 0.761. The van der Waals surface area contributed by atoms with Gasteiger partial charge < -0.3 is 0 Å². The summed E-state index contributed by atoms with van der Waals surface area (Å²) in [6, 6.07) is 0. The Labute approximate surface area is 38.2 Å². The molecule has 0 spiro atoms. The highest BCUT2D eigenvalue weighted by atomic mass is 13.5. The van der Waals surface area contributed by atoms with Gasteiger partial charge in [-0.05, 0) is 6.08 Å². The summed E-state index contributed by atoms with van der Waals surface area (Å²) >= 11 is 0. The molecule has 0 aromatic carbocycles. The molecule has 0 aliphatic heterocycles. The Morgan fingerprint density at radius 1 is 1.67 bits per heavy atom. The maximum atomic E-state index is 4.83. The van der Waals surface area contributed by atoms with Gasteiger partial charge in [-0.15, -0.1) is 6.42 Å². The number of allylic oxidation sites excluding steroid dienone is 3. The zero-order chi connectivity index (χ0) is 4.83. The van der Waals surface area contributed by atoms with Crippen LogP contribution in [-0.4, -0.2) is 0 Å². The van der Waals surface area contributed by atoms with Crippen molar-refractivity contribution in [2.45, 2.75) is 0 Å². The Morgan fingerprint density at radius 2 is 2.33 bits per heavy atom. The highest BCUT2D eigenvalue weighted by molar-refractivity contribution is 5.13. The van der Waals surface area contributed by atoms with E-state index in [0.717, 1.165) is 0 Å². The van der Waals surface area contributed by atoms with E-state index in [1.807, 2.05) is 0 Å². The van der Waals surface area contributed by atoms with Crippen LogP contribution >= 0.6 is 0 Å². The van der Waals surface area contributed by atoms with Crippen LogP contribution in [0.15, 0.2) is 24.8 Å². The molecule has 0 saturated carbocycles. The minimum atomic E-state index is 1.59. The minimum Gasteiger partial charge on any atom is -0.115 e. The third-order valence-electron chi connectivity index (χ3n) is 0.329. The second kappa shape index (κ2) is 4.04. The molecule has 6 heavy (non-hydrogen) atoms. The molecule has 0 heteroatoms. The Hall–Kier alpha value is -0.960. The lowest BCUT2D eigenvalue weighted by molar-refractivity contribution is 2.05. The predicted molar refractivity (Wildman–Crippen MR) is 28.2 cm³/mol. The molecule has 0 amide bonds. The maximum Gasteiger partial charge on any atom is -0.0122 e. The van der Waals surface area contributed by atoms with Crippen LogP contribution in [0.3, 0.4) is 0 Å². The normalized spacial score (nSPS) is 7.83. The first-order valence-electron chi connectivity index (χ1n) is 1.65. The van der Waals surface area contributed by atoms with E-state index in [4.69, 9.17) is 6.42 Å². The lowest BCUT2D eigenvalue weighted by atomic mass is 10.5. The summed E-state index contributed by atoms with van der Waals surface area (Å²) in [6.45, 7) is 3.42. The van der Waals surface area contributed by atoms with Gasteiger partial charge in [-0.25, -0.2) is 0 Å². The lowest BCUT2D eigenvalue weighted by Crippen LogP contribution is -1.39. The maximum absolute atomic E-state index is 4.83. The van der Waals surface area contributed by atoms with Crippen LogP contribution in [0.2, 0.25) is 0 Å². The molecule has 0 aliphatic rings. The van der Waals surface area contributed by atoms with Crippen LogP contribution in [0.5, 0.6) is 0 Å². The van der Waals surface area contributed by atoms with Crippen molar-refractivity contribution in [1.82, 2.24) is 0 Å². The Morgan fingerprint density at radius 3 is 2.50 bits per heavy atom. The van der Waals surface area contributed by atoms with Gasteiger partial charge in [-0.3, -0.25) is 0 Å². The average molecular weight is 78.1 g/mol. The highest BCUT2D eigenvalue weighted by Crippen LogP contribution is 1.65. The van der Waals surface area contributed by atoms with E-state index in [1.165, 1.54) is 0 Å². The molecule has 0 rings (SSSR count). The van der Waals surface area contributed by atoms with E-state index >= 15 is 0 Å². The Kier molecular flexibility index (Phi) is 3.39. The second-order valence-corrected chi connectivity index (χ2v) is 0.761. The minimum absolute atomic E-state index is 1.59. The summed E-state index contributed by atoms with van der Waals surface area (Å²) in [5.41, 5.74) is 0. The molecule has 0 saturated heterocycles. The number of rotatable bonds is 1. The van der Waals surface area contributed by atoms with Crippen molar-refractivity contribution in [2.24, 2.45) is 0 Å². The monoisotopic (exact) mass is 78.0 g/mol. The number of hydrogen-bond acceptors (Lipinski definition) is 0. The molecule has 0 aromatic heterocycles. The zero-order valence-corrected chi connectivity index (χ0v) is 3.52. The fourth-order valence-corrected chi connectivity index (χ4v) is 0.124. The van der Waals surface area contributed by atoms with Crippen LogP contribution in [0.4, 0.5) is 0 Å². The van der Waals surface area contributed by atoms with Crippen LogP contribution in [-0.2, 0) is 0 Å². The molecule has 0 aliphatic carbocycles. The summed E-state index contributed by atoms with van der Waals surface area (Å²) in [5.74, 6) is 2.32. The van der Waals surface area contributed by atoms with Gasteiger partial charge in [-0.1, -0.05) is 24.7 Å². The molecule has 0 aromatic rings. The van der Waals surface area contributed by atoms with E-state index in [2.05, 4.69) is 12.5 Å². The highest BCUT2D eigenvalue weighted by Gasteiger charge is 1.47.